The van der Waals surface area contributed by atoms with E-state index in [0.29, 0.717) is 0 Å². The van der Waals surface area contributed by atoms with Crippen molar-refractivity contribution in [3.63, 3.8) is 0 Å². The van der Waals surface area contributed by atoms with Crippen LogP contribution in [0.4, 0.5) is 0 Å². The van der Waals surface area contributed by atoms with Crippen molar-refractivity contribution in [3.05, 3.63) is 52.4 Å². The van der Waals surface area contributed by atoms with E-state index in [9.17, 15) is 4.79 Å². The topological polar surface area (TPSA) is 55.1 Å². The Labute approximate surface area is 118 Å². The molecule has 1 aromatic carbocycles. The fraction of sp³-hybridized carbons (Fsp3) is 0.250. The summed E-state index contributed by atoms with van der Waals surface area (Å²) in [6.07, 6.45) is 2.74. The Morgan fingerprint density at radius 1 is 1.25 bits per heavy atom. The maximum Gasteiger partial charge on any atom is 0.328 e. The van der Waals surface area contributed by atoms with E-state index >= 15 is 0 Å². The van der Waals surface area contributed by atoms with Crippen molar-refractivity contribution in [1.29, 1.82) is 0 Å². The van der Waals surface area contributed by atoms with Gasteiger partial charge in [0.15, 0.2) is 0 Å². The van der Waals surface area contributed by atoms with Gasteiger partial charge in [-0.25, -0.2) is 9.48 Å². The highest BCUT2D eigenvalue weighted by atomic mass is 16.4. The van der Waals surface area contributed by atoms with Crippen molar-refractivity contribution in [3.8, 4) is 5.69 Å². The number of carbonyl (C=O) groups is 1. The van der Waals surface area contributed by atoms with Crippen molar-refractivity contribution >= 4 is 12.0 Å². The summed E-state index contributed by atoms with van der Waals surface area (Å²) in [6.45, 7) is 7.96. The lowest BCUT2D eigenvalue weighted by Gasteiger charge is -2.10. The van der Waals surface area contributed by atoms with E-state index in [2.05, 4.69) is 25.0 Å². The van der Waals surface area contributed by atoms with Gasteiger partial charge >= 0.3 is 5.97 Å². The molecule has 0 aliphatic heterocycles. The molecule has 2 aromatic rings. The summed E-state index contributed by atoms with van der Waals surface area (Å²) in [5.41, 5.74) is 6.02. The van der Waals surface area contributed by atoms with Crippen LogP contribution in [0.25, 0.3) is 11.8 Å². The molecular weight excluding hydrogens is 252 g/mol. The van der Waals surface area contributed by atoms with E-state index in [0.717, 1.165) is 28.7 Å². The number of carboxylic acid groups (broad SMARTS) is 1. The molecule has 0 aliphatic rings. The first kappa shape index (κ1) is 14.1. The summed E-state index contributed by atoms with van der Waals surface area (Å²) >= 11 is 0. The summed E-state index contributed by atoms with van der Waals surface area (Å²) in [4.78, 5) is 10.7. The van der Waals surface area contributed by atoms with Crippen LogP contribution >= 0.6 is 0 Å². The number of rotatable bonds is 3. The van der Waals surface area contributed by atoms with Gasteiger partial charge < -0.3 is 5.11 Å². The molecule has 2 rings (SSSR count). The minimum Gasteiger partial charge on any atom is -0.478 e. The monoisotopic (exact) mass is 270 g/mol. The zero-order valence-electron chi connectivity index (χ0n) is 12.1. The smallest absolute Gasteiger partial charge is 0.328 e. The Bertz CT molecular complexity index is 697. The van der Waals surface area contributed by atoms with Gasteiger partial charge in [0.25, 0.3) is 0 Å². The Morgan fingerprint density at radius 3 is 2.60 bits per heavy atom. The Kier molecular flexibility index (Phi) is 3.74. The molecule has 0 unspecified atom stereocenters. The number of carboxylic acids is 1. The molecule has 0 aliphatic carbocycles. The third kappa shape index (κ3) is 2.50. The number of aromatic nitrogens is 2. The van der Waals surface area contributed by atoms with E-state index < -0.39 is 5.97 Å². The average Bonchev–Trinajstić information content (AvgIpc) is 2.66. The standard InChI is InChI=1S/C16H18N2O2/c1-10-6-5-7-15(11(10)2)18-13(4)14(12(3)17-18)8-9-16(19)20/h5-9H,1-4H3,(H,19,20)/b9-8+. The Hall–Kier alpha value is -2.36. The normalized spacial score (nSPS) is 11.2. The maximum absolute atomic E-state index is 10.7. The van der Waals surface area contributed by atoms with Crippen molar-refractivity contribution in [2.75, 3.05) is 0 Å². The number of hydrogen-bond donors (Lipinski definition) is 1. The molecule has 4 heteroatoms. The minimum atomic E-state index is -0.955. The third-order valence-corrected chi connectivity index (χ3v) is 3.54. The van der Waals surface area contributed by atoms with Crippen LogP contribution in [0.15, 0.2) is 24.3 Å². The van der Waals surface area contributed by atoms with Gasteiger partial charge in [-0.3, -0.25) is 0 Å². The second kappa shape index (κ2) is 5.33. The Morgan fingerprint density at radius 2 is 1.95 bits per heavy atom. The zero-order valence-corrected chi connectivity index (χ0v) is 12.1. The lowest BCUT2D eigenvalue weighted by atomic mass is 10.1. The zero-order chi connectivity index (χ0) is 14.9. The van der Waals surface area contributed by atoms with E-state index in [1.54, 1.807) is 6.08 Å². The average molecular weight is 270 g/mol. The van der Waals surface area contributed by atoms with Crippen molar-refractivity contribution in [1.82, 2.24) is 9.78 Å². The molecule has 20 heavy (non-hydrogen) atoms. The minimum absolute atomic E-state index is 0.820. The molecule has 0 amide bonds. The van der Waals surface area contributed by atoms with Crippen LogP contribution in [-0.4, -0.2) is 20.9 Å². The van der Waals surface area contributed by atoms with Gasteiger partial charge in [-0.05, 0) is 51.0 Å². The summed E-state index contributed by atoms with van der Waals surface area (Å²) in [5.74, 6) is -0.955. The largest absolute Gasteiger partial charge is 0.478 e. The summed E-state index contributed by atoms with van der Waals surface area (Å²) < 4.78 is 1.87. The van der Waals surface area contributed by atoms with Crippen LogP contribution in [-0.2, 0) is 4.79 Å². The van der Waals surface area contributed by atoms with E-state index in [-0.39, 0.29) is 0 Å². The molecule has 0 saturated carbocycles. The van der Waals surface area contributed by atoms with Crippen molar-refractivity contribution in [2.24, 2.45) is 0 Å². The molecular formula is C16H18N2O2. The van der Waals surface area contributed by atoms with E-state index in [1.165, 1.54) is 11.1 Å². The highest BCUT2D eigenvalue weighted by Crippen LogP contribution is 2.23. The quantitative estimate of drug-likeness (QED) is 0.871. The summed E-state index contributed by atoms with van der Waals surface area (Å²) in [7, 11) is 0. The number of aliphatic carboxylic acids is 1. The second-order valence-electron chi connectivity index (χ2n) is 4.89. The first-order chi connectivity index (χ1) is 9.41. The first-order valence-corrected chi connectivity index (χ1v) is 6.45. The fourth-order valence-electron chi connectivity index (χ4n) is 2.25. The maximum atomic E-state index is 10.7. The van der Waals surface area contributed by atoms with Gasteiger partial charge in [0.05, 0.1) is 11.4 Å². The molecule has 0 spiro atoms. The number of aryl methyl sites for hydroxylation is 2. The van der Waals surface area contributed by atoms with Crippen LogP contribution < -0.4 is 0 Å². The van der Waals surface area contributed by atoms with Crippen molar-refractivity contribution in [2.45, 2.75) is 27.7 Å². The van der Waals surface area contributed by atoms with Gasteiger partial charge in [0.1, 0.15) is 0 Å². The van der Waals surface area contributed by atoms with E-state index in [4.69, 9.17) is 5.11 Å². The lowest BCUT2D eigenvalue weighted by Crippen LogP contribution is -2.02. The van der Waals surface area contributed by atoms with Crippen LogP contribution in [0, 0.1) is 27.7 Å². The van der Waals surface area contributed by atoms with E-state index in [1.807, 2.05) is 30.7 Å². The SMILES string of the molecule is Cc1cccc(-n2nc(C)c(/C=C/C(=O)O)c2C)c1C. The van der Waals surface area contributed by atoms with Crippen LogP contribution in [0.2, 0.25) is 0 Å². The predicted molar refractivity (Wildman–Crippen MR) is 79.2 cm³/mol. The summed E-state index contributed by atoms with van der Waals surface area (Å²) in [6, 6.07) is 6.09. The van der Waals surface area contributed by atoms with Gasteiger partial charge in [-0.1, -0.05) is 12.1 Å². The number of nitrogens with zero attached hydrogens (tertiary/aromatic N) is 2. The highest BCUT2D eigenvalue weighted by molar-refractivity contribution is 5.85. The molecule has 1 heterocycles. The highest BCUT2D eigenvalue weighted by Gasteiger charge is 2.12. The van der Waals surface area contributed by atoms with Crippen LogP contribution in [0.3, 0.4) is 0 Å². The molecule has 1 N–H and O–H groups in total. The van der Waals surface area contributed by atoms with Gasteiger partial charge in [0.2, 0.25) is 0 Å². The molecule has 0 atom stereocenters. The molecule has 0 bridgehead atoms. The molecule has 0 radical (unpaired) electrons. The predicted octanol–water partition coefficient (Wildman–Crippen LogP) is 3.20. The lowest BCUT2D eigenvalue weighted by molar-refractivity contribution is -0.131. The van der Waals surface area contributed by atoms with Gasteiger partial charge in [0, 0.05) is 17.3 Å². The van der Waals surface area contributed by atoms with Crippen LogP contribution in [0.5, 0.6) is 0 Å². The first-order valence-electron chi connectivity index (χ1n) is 6.45. The fourth-order valence-corrected chi connectivity index (χ4v) is 2.25. The second-order valence-corrected chi connectivity index (χ2v) is 4.89. The van der Waals surface area contributed by atoms with Gasteiger partial charge in [-0.2, -0.15) is 5.10 Å². The number of benzene rings is 1. The molecule has 1 aromatic heterocycles. The summed E-state index contributed by atoms with van der Waals surface area (Å²) in [5, 5.41) is 13.3. The number of hydrogen-bond acceptors (Lipinski definition) is 2. The van der Waals surface area contributed by atoms with Crippen LogP contribution in [0.1, 0.15) is 28.1 Å². The molecule has 0 fully saturated rings. The molecule has 0 saturated heterocycles. The molecule has 4 nitrogen and oxygen atoms in total. The van der Waals surface area contributed by atoms with Crippen molar-refractivity contribution < 1.29 is 9.90 Å². The van der Waals surface area contributed by atoms with Gasteiger partial charge in [-0.15, -0.1) is 0 Å². The molecule has 104 valence electrons. The third-order valence-electron chi connectivity index (χ3n) is 3.54. The Balaban J connectivity index is 2.57.